The summed E-state index contributed by atoms with van der Waals surface area (Å²) in [4.78, 5) is 34.2. The third-order valence-electron chi connectivity index (χ3n) is 6.36. The van der Waals surface area contributed by atoms with Gasteiger partial charge in [0.2, 0.25) is 5.91 Å². The molecule has 2 saturated heterocycles. The Morgan fingerprint density at radius 2 is 1.71 bits per heavy atom. The number of amides is 2. The molecule has 1 N–H and O–H groups in total. The van der Waals surface area contributed by atoms with Gasteiger partial charge >= 0.3 is 0 Å². The first kappa shape index (κ1) is 23.8. The van der Waals surface area contributed by atoms with E-state index in [1.807, 2.05) is 18.3 Å². The van der Waals surface area contributed by atoms with Gasteiger partial charge in [-0.15, -0.1) is 0 Å². The number of morpholine rings is 1. The van der Waals surface area contributed by atoms with Crippen LogP contribution in [0, 0.1) is 5.92 Å². The van der Waals surface area contributed by atoms with E-state index < -0.39 is 0 Å². The number of carbonyl (C=O) groups is 2. The van der Waals surface area contributed by atoms with Crippen LogP contribution in [0.2, 0.25) is 0 Å². The van der Waals surface area contributed by atoms with E-state index in [0.29, 0.717) is 49.5 Å². The van der Waals surface area contributed by atoms with E-state index in [2.05, 4.69) is 15.2 Å². The van der Waals surface area contributed by atoms with Crippen LogP contribution in [0.4, 0.5) is 5.82 Å². The first-order valence-electron chi connectivity index (χ1n) is 11.6. The van der Waals surface area contributed by atoms with E-state index in [-0.39, 0.29) is 17.7 Å². The minimum atomic E-state index is -0.107. The van der Waals surface area contributed by atoms with Gasteiger partial charge in [-0.25, -0.2) is 4.98 Å². The lowest BCUT2D eigenvalue weighted by Gasteiger charge is -2.31. The van der Waals surface area contributed by atoms with Gasteiger partial charge in [-0.1, -0.05) is 6.07 Å². The highest BCUT2D eigenvalue weighted by molar-refractivity contribution is 5.95. The number of methoxy groups -OCH3 is 2. The zero-order valence-corrected chi connectivity index (χ0v) is 19.8. The fraction of sp³-hybridized carbons (Fsp3) is 0.480. The number of carbonyl (C=O) groups excluding carboxylic acids is 2. The van der Waals surface area contributed by atoms with E-state index in [0.717, 1.165) is 37.7 Å². The third-order valence-corrected chi connectivity index (χ3v) is 6.36. The zero-order chi connectivity index (χ0) is 23.9. The van der Waals surface area contributed by atoms with Crippen molar-refractivity contribution >= 4 is 17.6 Å². The molecule has 0 bridgehead atoms. The van der Waals surface area contributed by atoms with Crippen LogP contribution in [0.25, 0.3) is 0 Å². The molecular weight excluding hydrogens is 436 g/mol. The van der Waals surface area contributed by atoms with E-state index in [1.54, 1.807) is 37.3 Å². The van der Waals surface area contributed by atoms with Gasteiger partial charge in [-0.05, 0) is 36.6 Å². The molecule has 34 heavy (non-hydrogen) atoms. The normalized spacial score (nSPS) is 16.8. The number of nitrogens with zero attached hydrogens (tertiary/aromatic N) is 3. The van der Waals surface area contributed by atoms with Crippen LogP contribution in [0.5, 0.6) is 11.5 Å². The van der Waals surface area contributed by atoms with Crippen LogP contribution >= 0.6 is 0 Å². The molecule has 9 heteroatoms. The van der Waals surface area contributed by atoms with Crippen molar-refractivity contribution in [2.45, 2.75) is 19.4 Å². The fourth-order valence-corrected chi connectivity index (χ4v) is 4.29. The molecule has 2 aliphatic rings. The molecule has 2 fully saturated rings. The van der Waals surface area contributed by atoms with Gasteiger partial charge in [0, 0.05) is 56.5 Å². The minimum Gasteiger partial charge on any atom is -0.497 e. The maximum Gasteiger partial charge on any atom is 0.254 e. The number of pyridine rings is 1. The molecule has 0 unspecified atom stereocenters. The Hall–Kier alpha value is -3.33. The smallest absolute Gasteiger partial charge is 0.254 e. The molecule has 2 amide bonds. The monoisotopic (exact) mass is 468 g/mol. The summed E-state index contributed by atoms with van der Waals surface area (Å²) in [7, 11) is 3.11. The Kier molecular flexibility index (Phi) is 7.84. The first-order chi connectivity index (χ1) is 16.6. The van der Waals surface area contributed by atoms with Crippen LogP contribution in [-0.4, -0.2) is 75.3 Å². The second-order valence-corrected chi connectivity index (χ2v) is 8.51. The summed E-state index contributed by atoms with van der Waals surface area (Å²) in [6.07, 6.45) is 3.08. The van der Waals surface area contributed by atoms with Crippen LogP contribution in [0.1, 0.15) is 28.8 Å². The summed E-state index contributed by atoms with van der Waals surface area (Å²) in [6.45, 7) is 4.64. The Balaban J connectivity index is 1.25. The Morgan fingerprint density at radius 1 is 1.03 bits per heavy atom. The van der Waals surface area contributed by atoms with Crippen molar-refractivity contribution in [3.8, 4) is 11.5 Å². The molecule has 182 valence electrons. The number of piperidine rings is 1. The standard InChI is InChI=1S/C25H32N4O5/c1-32-21-13-20(14-22(15-21)33-2)25(31)29-7-5-19(6-8-29)24(30)27-17-18-3-4-23(26-16-18)28-9-11-34-12-10-28/h3-4,13-16,19H,5-12,17H2,1-2H3,(H,27,30). The summed E-state index contributed by atoms with van der Waals surface area (Å²) in [5.74, 6) is 1.91. The molecule has 9 nitrogen and oxygen atoms in total. The number of hydrogen-bond acceptors (Lipinski definition) is 7. The molecule has 3 heterocycles. The largest absolute Gasteiger partial charge is 0.497 e. The average molecular weight is 469 g/mol. The predicted octanol–water partition coefficient (Wildman–Crippen LogP) is 2.10. The molecule has 0 saturated carbocycles. The van der Waals surface area contributed by atoms with Crippen LogP contribution < -0.4 is 19.7 Å². The zero-order valence-electron chi connectivity index (χ0n) is 19.8. The van der Waals surface area contributed by atoms with Gasteiger partial charge < -0.3 is 29.3 Å². The van der Waals surface area contributed by atoms with E-state index >= 15 is 0 Å². The molecule has 2 aliphatic heterocycles. The highest BCUT2D eigenvalue weighted by atomic mass is 16.5. The van der Waals surface area contributed by atoms with E-state index in [9.17, 15) is 9.59 Å². The van der Waals surface area contributed by atoms with Gasteiger partial charge in [-0.3, -0.25) is 9.59 Å². The topological polar surface area (TPSA) is 93.2 Å². The fourth-order valence-electron chi connectivity index (χ4n) is 4.29. The molecule has 4 rings (SSSR count). The maximum absolute atomic E-state index is 13.0. The summed E-state index contributed by atoms with van der Waals surface area (Å²) in [5, 5.41) is 3.02. The molecule has 0 aliphatic carbocycles. The molecule has 0 radical (unpaired) electrons. The lowest BCUT2D eigenvalue weighted by molar-refractivity contribution is -0.126. The second-order valence-electron chi connectivity index (χ2n) is 8.51. The van der Waals surface area contributed by atoms with Gasteiger partial charge in [0.15, 0.2) is 0 Å². The SMILES string of the molecule is COc1cc(OC)cc(C(=O)N2CCC(C(=O)NCc3ccc(N4CCOCC4)nc3)CC2)c1. The van der Waals surface area contributed by atoms with Crippen molar-refractivity contribution in [1.29, 1.82) is 0 Å². The molecule has 1 aromatic heterocycles. The summed E-state index contributed by atoms with van der Waals surface area (Å²) < 4.78 is 15.9. The minimum absolute atomic E-state index is 0.0207. The molecular formula is C25H32N4O5. The average Bonchev–Trinajstić information content (AvgIpc) is 2.91. The molecule has 2 aromatic rings. The lowest BCUT2D eigenvalue weighted by atomic mass is 9.95. The summed E-state index contributed by atoms with van der Waals surface area (Å²) in [5.41, 5.74) is 1.48. The van der Waals surface area contributed by atoms with Gasteiger partial charge in [0.05, 0.1) is 27.4 Å². The Bertz CT molecular complexity index is 961. The van der Waals surface area contributed by atoms with Crippen molar-refractivity contribution < 1.29 is 23.8 Å². The maximum atomic E-state index is 13.0. The molecule has 0 atom stereocenters. The van der Waals surface area contributed by atoms with Crippen molar-refractivity contribution in [2.75, 3.05) is 58.5 Å². The lowest BCUT2D eigenvalue weighted by Crippen LogP contribution is -2.43. The van der Waals surface area contributed by atoms with E-state index in [1.165, 1.54) is 0 Å². The number of hydrogen-bond donors (Lipinski definition) is 1. The van der Waals surface area contributed by atoms with Crippen molar-refractivity contribution in [3.63, 3.8) is 0 Å². The van der Waals surface area contributed by atoms with Crippen molar-refractivity contribution in [3.05, 3.63) is 47.7 Å². The number of benzene rings is 1. The van der Waals surface area contributed by atoms with Gasteiger partial charge in [0.25, 0.3) is 5.91 Å². The predicted molar refractivity (Wildman–Crippen MR) is 127 cm³/mol. The molecule has 1 aromatic carbocycles. The highest BCUT2D eigenvalue weighted by Crippen LogP contribution is 2.25. The van der Waals surface area contributed by atoms with Gasteiger partial charge in [-0.2, -0.15) is 0 Å². The highest BCUT2D eigenvalue weighted by Gasteiger charge is 2.28. The number of rotatable bonds is 7. The van der Waals surface area contributed by atoms with Crippen LogP contribution in [0.3, 0.4) is 0 Å². The number of likely N-dealkylation sites (tertiary alicyclic amines) is 1. The third kappa shape index (κ3) is 5.77. The quantitative estimate of drug-likeness (QED) is 0.665. The van der Waals surface area contributed by atoms with Crippen LogP contribution in [-0.2, 0) is 16.1 Å². The number of aromatic nitrogens is 1. The first-order valence-corrected chi connectivity index (χ1v) is 11.6. The summed E-state index contributed by atoms with van der Waals surface area (Å²) >= 11 is 0. The Labute approximate surface area is 200 Å². The second kappa shape index (κ2) is 11.2. The molecule has 0 spiro atoms. The van der Waals surface area contributed by atoms with Gasteiger partial charge in [0.1, 0.15) is 17.3 Å². The van der Waals surface area contributed by atoms with Crippen LogP contribution in [0.15, 0.2) is 36.5 Å². The number of nitrogens with one attached hydrogen (secondary N) is 1. The van der Waals surface area contributed by atoms with E-state index in [4.69, 9.17) is 14.2 Å². The Morgan fingerprint density at radius 3 is 2.29 bits per heavy atom. The summed E-state index contributed by atoms with van der Waals surface area (Å²) in [6, 6.07) is 9.15. The van der Waals surface area contributed by atoms with Crippen molar-refractivity contribution in [2.24, 2.45) is 5.92 Å². The van der Waals surface area contributed by atoms with Crippen molar-refractivity contribution in [1.82, 2.24) is 15.2 Å². The number of ether oxygens (including phenoxy) is 3. The number of anilines is 1.